The molecule has 0 aliphatic heterocycles. The van der Waals surface area contributed by atoms with Crippen molar-refractivity contribution >= 4 is 27.5 Å². The van der Waals surface area contributed by atoms with Crippen molar-refractivity contribution in [2.45, 2.75) is 13.0 Å². The fraction of sp³-hybridized carbons (Fsp3) is 0.364. The van der Waals surface area contributed by atoms with Crippen LogP contribution in [0.4, 0.5) is 5.69 Å². The van der Waals surface area contributed by atoms with Gasteiger partial charge in [-0.2, -0.15) is 0 Å². The van der Waals surface area contributed by atoms with E-state index in [0.717, 1.165) is 10.2 Å². The Hall–Kier alpha value is -1.27. The van der Waals surface area contributed by atoms with Crippen LogP contribution < -0.4 is 10.6 Å². The summed E-state index contributed by atoms with van der Waals surface area (Å²) in [6, 6.07) is 5.46. The van der Waals surface area contributed by atoms with Gasteiger partial charge >= 0.3 is 0 Å². The number of oxime groups is 1. The molecule has 0 fully saturated rings. The van der Waals surface area contributed by atoms with Crippen LogP contribution in [0, 0.1) is 0 Å². The van der Waals surface area contributed by atoms with E-state index in [0.29, 0.717) is 12.1 Å². The second-order valence-corrected chi connectivity index (χ2v) is 4.73. The molecular weight excluding hydrogens is 286 g/mol. The van der Waals surface area contributed by atoms with Crippen molar-refractivity contribution in [1.82, 2.24) is 0 Å². The molecule has 1 unspecified atom stereocenters. The third-order valence-corrected chi connectivity index (χ3v) is 2.97. The van der Waals surface area contributed by atoms with Gasteiger partial charge in [0.15, 0.2) is 5.84 Å². The van der Waals surface area contributed by atoms with Gasteiger partial charge in [-0.05, 0) is 41.1 Å². The predicted molar refractivity (Wildman–Crippen MR) is 71.6 cm³/mol. The number of aliphatic hydroxyl groups is 1. The van der Waals surface area contributed by atoms with Crippen molar-refractivity contribution in [2.75, 3.05) is 18.5 Å². The lowest BCUT2D eigenvalue weighted by Crippen LogP contribution is -2.27. The zero-order valence-electron chi connectivity index (χ0n) is 9.76. The van der Waals surface area contributed by atoms with Gasteiger partial charge in [0.25, 0.3) is 0 Å². The summed E-state index contributed by atoms with van der Waals surface area (Å²) in [7, 11) is 1.89. The van der Waals surface area contributed by atoms with Crippen LogP contribution >= 0.6 is 15.9 Å². The zero-order valence-corrected chi connectivity index (χ0v) is 11.3. The number of halogens is 1. The van der Waals surface area contributed by atoms with Gasteiger partial charge in [-0.1, -0.05) is 5.16 Å². The smallest absolute Gasteiger partial charge is 0.171 e. The van der Waals surface area contributed by atoms with E-state index in [1.54, 1.807) is 13.0 Å². The maximum atomic E-state index is 9.31. The van der Waals surface area contributed by atoms with E-state index in [1.807, 2.05) is 24.1 Å². The van der Waals surface area contributed by atoms with Crippen LogP contribution in [0.5, 0.6) is 0 Å². The molecule has 94 valence electrons. The van der Waals surface area contributed by atoms with E-state index >= 15 is 0 Å². The second-order valence-electron chi connectivity index (χ2n) is 3.88. The Bertz CT molecular complexity index is 421. The average molecular weight is 302 g/mol. The minimum absolute atomic E-state index is 0.0570. The maximum Gasteiger partial charge on any atom is 0.171 e. The number of nitrogens with zero attached hydrogens (tertiary/aromatic N) is 2. The lowest BCUT2D eigenvalue weighted by Gasteiger charge is -2.21. The SMILES string of the molecule is CC(O)CN(C)c1ccc(/C(N)=N/O)c(Br)c1. The van der Waals surface area contributed by atoms with Crippen molar-refractivity contribution in [3.63, 3.8) is 0 Å². The summed E-state index contributed by atoms with van der Waals surface area (Å²) >= 11 is 3.36. The molecule has 17 heavy (non-hydrogen) atoms. The predicted octanol–water partition coefficient (Wildman–Crippen LogP) is 1.36. The summed E-state index contributed by atoms with van der Waals surface area (Å²) in [5.41, 5.74) is 7.08. The molecule has 1 atom stereocenters. The molecule has 5 nitrogen and oxygen atoms in total. The van der Waals surface area contributed by atoms with Crippen molar-refractivity contribution in [1.29, 1.82) is 0 Å². The lowest BCUT2D eigenvalue weighted by atomic mass is 10.2. The average Bonchev–Trinajstić information content (AvgIpc) is 2.27. The number of nitrogens with two attached hydrogens (primary N) is 1. The molecule has 1 aromatic rings. The third kappa shape index (κ3) is 3.61. The Morgan fingerprint density at radius 1 is 1.59 bits per heavy atom. The molecule has 0 amide bonds. The van der Waals surface area contributed by atoms with Gasteiger partial charge in [-0.3, -0.25) is 0 Å². The molecule has 0 aliphatic carbocycles. The summed E-state index contributed by atoms with van der Waals surface area (Å²) in [6.07, 6.45) is -0.400. The van der Waals surface area contributed by atoms with Crippen LogP contribution in [0.25, 0.3) is 0 Å². The number of hydrogen-bond acceptors (Lipinski definition) is 4. The van der Waals surface area contributed by atoms with Gasteiger partial charge < -0.3 is 20.9 Å². The number of aliphatic hydroxyl groups excluding tert-OH is 1. The van der Waals surface area contributed by atoms with Gasteiger partial charge in [0, 0.05) is 29.3 Å². The van der Waals surface area contributed by atoms with Crippen molar-refractivity contribution in [2.24, 2.45) is 10.9 Å². The Morgan fingerprint density at radius 2 is 2.24 bits per heavy atom. The van der Waals surface area contributed by atoms with Gasteiger partial charge in [0.05, 0.1) is 6.10 Å². The van der Waals surface area contributed by atoms with Crippen LogP contribution in [0.1, 0.15) is 12.5 Å². The second kappa shape index (κ2) is 5.88. The number of likely N-dealkylation sites (N-methyl/N-ethyl adjacent to an activating group) is 1. The van der Waals surface area contributed by atoms with Crippen LogP contribution in [0.15, 0.2) is 27.8 Å². The van der Waals surface area contributed by atoms with Crippen molar-refractivity contribution < 1.29 is 10.3 Å². The summed E-state index contributed by atoms with van der Waals surface area (Å²) in [5.74, 6) is 0.0570. The van der Waals surface area contributed by atoms with Gasteiger partial charge in [-0.25, -0.2) is 0 Å². The first-order valence-corrected chi connectivity index (χ1v) is 5.91. The molecule has 0 saturated heterocycles. The molecule has 0 spiro atoms. The molecule has 0 aromatic heterocycles. The van der Waals surface area contributed by atoms with Crippen LogP contribution in [0.3, 0.4) is 0 Å². The molecule has 0 radical (unpaired) electrons. The zero-order chi connectivity index (χ0) is 13.0. The monoisotopic (exact) mass is 301 g/mol. The Morgan fingerprint density at radius 3 is 2.71 bits per heavy atom. The van der Waals surface area contributed by atoms with Crippen LogP contribution in [-0.4, -0.2) is 35.8 Å². The Kier molecular flexibility index (Phi) is 4.77. The van der Waals surface area contributed by atoms with E-state index in [9.17, 15) is 5.11 Å². The normalized spacial score (nSPS) is 13.5. The fourth-order valence-corrected chi connectivity index (χ4v) is 2.07. The highest BCUT2D eigenvalue weighted by molar-refractivity contribution is 9.10. The van der Waals surface area contributed by atoms with Crippen molar-refractivity contribution in [3.8, 4) is 0 Å². The Balaban J connectivity index is 2.96. The number of anilines is 1. The third-order valence-electron chi connectivity index (χ3n) is 2.32. The molecular formula is C11H16BrN3O2. The number of hydrogen-bond donors (Lipinski definition) is 3. The van der Waals surface area contributed by atoms with E-state index in [4.69, 9.17) is 10.9 Å². The fourth-order valence-electron chi connectivity index (χ4n) is 1.50. The van der Waals surface area contributed by atoms with Gasteiger partial charge in [0.1, 0.15) is 0 Å². The van der Waals surface area contributed by atoms with Crippen molar-refractivity contribution in [3.05, 3.63) is 28.2 Å². The van der Waals surface area contributed by atoms with Gasteiger partial charge in [0.2, 0.25) is 0 Å². The molecule has 1 aromatic carbocycles. The van der Waals surface area contributed by atoms with Gasteiger partial charge in [-0.15, -0.1) is 0 Å². The summed E-state index contributed by atoms with van der Waals surface area (Å²) in [5, 5.41) is 20.9. The topological polar surface area (TPSA) is 82.1 Å². The highest BCUT2D eigenvalue weighted by atomic mass is 79.9. The largest absolute Gasteiger partial charge is 0.409 e. The Labute approximate surface area is 109 Å². The lowest BCUT2D eigenvalue weighted by molar-refractivity contribution is 0.201. The molecule has 0 heterocycles. The highest BCUT2D eigenvalue weighted by Gasteiger charge is 2.09. The maximum absolute atomic E-state index is 9.31. The molecule has 4 N–H and O–H groups in total. The number of amidine groups is 1. The minimum atomic E-state index is -0.400. The summed E-state index contributed by atoms with van der Waals surface area (Å²) in [4.78, 5) is 1.92. The summed E-state index contributed by atoms with van der Waals surface area (Å²) in [6.45, 7) is 2.27. The highest BCUT2D eigenvalue weighted by Crippen LogP contribution is 2.23. The van der Waals surface area contributed by atoms with E-state index in [2.05, 4.69) is 21.1 Å². The number of benzene rings is 1. The minimum Gasteiger partial charge on any atom is -0.409 e. The summed E-state index contributed by atoms with van der Waals surface area (Å²) < 4.78 is 0.739. The molecule has 0 aliphatic rings. The molecule has 6 heteroatoms. The van der Waals surface area contributed by atoms with E-state index in [-0.39, 0.29) is 5.84 Å². The molecule has 1 rings (SSSR count). The van der Waals surface area contributed by atoms with Crippen LogP contribution in [-0.2, 0) is 0 Å². The quantitative estimate of drug-likeness (QED) is 0.339. The first-order chi connectivity index (χ1) is 7.95. The first kappa shape index (κ1) is 13.8. The van der Waals surface area contributed by atoms with E-state index < -0.39 is 6.10 Å². The standard InChI is InChI=1S/C11H16BrN3O2/c1-7(16)6-15(2)8-3-4-9(10(12)5-8)11(13)14-17/h3-5,7,16-17H,6H2,1-2H3,(H2,13,14). The molecule has 0 bridgehead atoms. The first-order valence-electron chi connectivity index (χ1n) is 5.12. The van der Waals surface area contributed by atoms with Crippen LogP contribution in [0.2, 0.25) is 0 Å². The number of rotatable bonds is 4. The molecule has 0 saturated carbocycles. The van der Waals surface area contributed by atoms with E-state index in [1.165, 1.54) is 0 Å².